The molecule has 1 rings (SSSR count). The molecule has 6 N–H and O–H groups in total. The number of rotatable bonds is 7. The predicted octanol–water partition coefficient (Wildman–Crippen LogP) is 0.968. The number of carbonyl (C=O) groups excluding carboxylic acids is 1. The lowest BCUT2D eigenvalue weighted by molar-refractivity contribution is -0.142. The monoisotopic (exact) mass is 354 g/mol. The van der Waals surface area contributed by atoms with Gasteiger partial charge in [-0.05, 0) is 30.0 Å². The summed E-state index contributed by atoms with van der Waals surface area (Å²) in [7, 11) is 0. The van der Waals surface area contributed by atoms with E-state index in [2.05, 4.69) is 5.32 Å². The highest BCUT2D eigenvalue weighted by Gasteiger charge is 2.23. The van der Waals surface area contributed by atoms with Crippen molar-refractivity contribution in [3.63, 3.8) is 0 Å². The van der Waals surface area contributed by atoms with Gasteiger partial charge < -0.3 is 26.4 Å². The van der Waals surface area contributed by atoms with E-state index < -0.39 is 29.9 Å². The highest BCUT2D eigenvalue weighted by atomic mass is 16.4. The number of hydrogen-bond donors (Lipinski definition) is 5. The number of carbonyl (C=O) groups is 3. The zero-order valence-corrected chi connectivity index (χ0v) is 14.6. The van der Waals surface area contributed by atoms with E-state index in [1.807, 2.05) is 13.8 Å². The van der Waals surface area contributed by atoms with Gasteiger partial charge in [-0.1, -0.05) is 26.0 Å². The van der Waals surface area contributed by atoms with Crippen LogP contribution in [0.15, 0.2) is 24.3 Å². The van der Waals surface area contributed by atoms with Gasteiger partial charge >= 0.3 is 5.97 Å². The van der Waals surface area contributed by atoms with Gasteiger partial charge in [0.1, 0.15) is 11.8 Å². The summed E-state index contributed by atoms with van der Waals surface area (Å²) in [6.07, 6.45) is 0.632. The molecule has 0 bridgehead atoms. The molecule has 0 radical (unpaired) electrons. The van der Waals surface area contributed by atoms with E-state index in [9.17, 15) is 19.8 Å². The fourth-order valence-electron chi connectivity index (χ4n) is 1.96. The van der Waals surface area contributed by atoms with E-state index in [1.54, 1.807) is 12.1 Å². The fraction of sp³-hybridized carbons (Fsp3) is 0.471. The molecule has 2 atom stereocenters. The van der Waals surface area contributed by atoms with Gasteiger partial charge in [-0.15, -0.1) is 0 Å². The number of amides is 1. The van der Waals surface area contributed by atoms with Gasteiger partial charge in [-0.3, -0.25) is 9.59 Å². The Bertz CT molecular complexity index is 567. The van der Waals surface area contributed by atoms with Gasteiger partial charge in [-0.2, -0.15) is 0 Å². The Balaban J connectivity index is 0.00000129. The van der Waals surface area contributed by atoms with Gasteiger partial charge in [0.2, 0.25) is 5.91 Å². The molecule has 8 nitrogen and oxygen atoms in total. The van der Waals surface area contributed by atoms with Gasteiger partial charge in [0.05, 0.1) is 6.04 Å². The maximum atomic E-state index is 11.9. The number of phenolic OH excluding ortho intramolecular Hbond substituents is 1. The van der Waals surface area contributed by atoms with Crippen LogP contribution in [-0.2, 0) is 20.8 Å². The maximum absolute atomic E-state index is 11.9. The van der Waals surface area contributed by atoms with Crippen LogP contribution in [0.2, 0.25) is 0 Å². The predicted molar refractivity (Wildman–Crippen MR) is 92.1 cm³/mol. The summed E-state index contributed by atoms with van der Waals surface area (Å²) in [6, 6.07) is 4.42. The molecule has 1 aromatic carbocycles. The van der Waals surface area contributed by atoms with E-state index in [1.165, 1.54) is 12.1 Å². The van der Waals surface area contributed by atoms with Crippen molar-refractivity contribution in [1.82, 2.24) is 5.32 Å². The molecule has 1 aromatic rings. The standard InChI is InChI=1S/C15H22N2O4.C2H4O2/c1-9(2)7-12(16)14(19)17-13(15(20)21)8-10-3-5-11(18)6-4-10;1-2(3)4/h3-6,9,12-13,18H,7-8,16H2,1-2H3,(H,17,19)(H,20,21);1H3,(H,3,4). The van der Waals surface area contributed by atoms with Crippen LogP contribution in [0, 0.1) is 5.92 Å². The third-order valence-electron chi connectivity index (χ3n) is 3.05. The minimum absolute atomic E-state index is 0.105. The number of hydrogen-bond acceptors (Lipinski definition) is 5. The van der Waals surface area contributed by atoms with Gasteiger partial charge in [-0.25, -0.2) is 4.79 Å². The molecule has 0 heterocycles. The molecule has 0 saturated heterocycles. The summed E-state index contributed by atoms with van der Waals surface area (Å²) in [5.74, 6) is -2.05. The van der Waals surface area contributed by atoms with E-state index in [0.717, 1.165) is 6.92 Å². The summed E-state index contributed by atoms with van der Waals surface area (Å²) in [6.45, 7) is 4.97. The molecule has 25 heavy (non-hydrogen) atoms. The second kappa shape index (κ2) is 11.0. The highest BCUT2D eigenvalue weighted by Crippen LogP contribution is 2.12. The summed E-state index contributed by atoms with van der Waals surface area (Å²) in [4.78, 5) is 32.1. The lowest BCUT2D eigenvalue weighted by Crippen LogP contribution is -2.49. The number of phenols is 1. The van der Waals surface area contributed by atoms with Crippen molar-refractivity contribution in [2.24, 2.45) is 11.7 Å². The second-order valence-electron chi connectivity index (χ2n) is 6.03. The number of benzene rings is 1. The molecule has 140 valence electrons. The quantitative estimate of drug-likeness (QED) is 0.489. The fourth-order valence-corrected chi connectivity index (χ4v) is 1.96. The first kappa shape index (κ1) is 22.4. The lowest BCUT2D eigenvalue weighted by Gasteiger charge is -2.19. The molecule has 0 aliphatic heterocycles. The molecule has 8 heteroatoms. The van der Waals surface area contributed by atoms with Crippen LogP contribution in [0.3, 0.4) is 0 Å². The number of nitrogens with two attached hydrogens (primary N) is 1. The van der Waals surface area contributed by atoms with Crippen LogP contribution in [0.1, 0.15) is 32.8 Å². The Morgan fingerprint density at radius 1 is 1.12 bits per heavy atom. The largest absolute Gasteiger partial charge is 0.508 e. The van der Waals surface area contributed by atoms with Crippen molar-refractivity contribution in [2.45, 2.75) is 45.7 Å². The summed E-state index contributed by atoms with van der Waals surface area (Å²) < 4.78 is 0. The van der Waals surface area contributed by atoms with E-state index in [-0.39, 0.29) is 18.1 Å². The van der Waals surface area contributed by atoms with Crippen molar-refractivity contribution in [3.05, 3.63) is 29.8 Å². The molecule has 0 aromatic heterocycles. The summed E-state index contributed by atoms with van der Waals surface area (Å²) in [5, 5.41) is 28.3. The van der Waals surface area contributed by atoms with Crippen molar-refractivity contribution in [3.8, 4) is 5.75 Å². The number of carboxylic acids is 2. The molecule has 0 fully saturated rings. The second-order valence-corrected chi connectivity index (χ2v) is 6.03. The van der Waals surface area contributed by atoms with E-state index >= 15 is 0 Å². The topological polar surface area (TPSA) is 150 Å². The van der Waals surface area contributed by atoms with E-state index in [0.29, 0.717) is 12.0 Å². The Morgan fingerprint density at radius 2 is 1.60 bits per heavy atom. The van der Waals surface area contributed by atoms with Gasteiger partial charge in [0.25, 0.3) is 5.97 Å². The van der Waals surface area contributed by atoms with Crippen LogP contribution in [0.25, 0.3) is 0 Å². The zero-order valence-electron chi connectivity index (χ0n) is 14.6. The average Bonchev–Trinajstić information content (AvgIpc) is 2.47. The smallest absolute Gasteiger partial charge is 0.326 e. The summed E-state index contributed by atoms with van der Waals surface area (Å²) >= 11 is 0. The summed E-state index contributed by atoms with van der Waals surface area (Å²) in [5.41, 5.74) is 6.45. The zero-order chi connectivity index (χ0) is 19.6. The molecule has 0 saturated carbocycles. The van der Waals surface area contributed by atoms with E-state index in [4.69, 9.17) is 15.6 Å². The lowest BCUT2D eigenvalue weighted by atomic mass is 10.0. The Hall–Kier alpha value is -2.61. The van der Waals surface area contributed by atoms with Gasteiger partial charge in [0.15, 0.2) is 0 Å². The Kier molecular flexibility index (Phi) is 9.88. The van der Waals surface area contributed by atoms with Crippen LogP contribution in [0.5, 0.6) is 5.75 Å². The van der Waals surface area contributed by atoms with Crippen LogP contribution in [0.4, 0.5) is 0 Å². The highest BCUT2D eigenvalue weighted by molar-refractivity contribution is 5.86. The SMILES string of the molecule is CC(=O)O.CC(C)CC(N)C(=O)NC(Cc1ccc(O)cc1)C(=O)O. The number of carboxylic acid groups (broad SMARTS) is 2. The van der Waals surface area contributed by atoms with Gasteiger partial charge in [0, 0.05) is 13.3 Å². The Morgan fingerprint density at radius 3 is 2.00 bits per heavy atom. The minimum atomic E-state index is -1.12. The van der Waals surface area contributed by atoms with Crippen molar-refractivity contribution in [2.75, 3.05) is 0 Å². The van der Waals surface area contributed by atoms with Crippen molar-refractivity contribution in [1.29, 1.82) is 0 Å². The minimum Gasteiger partial charge on any atom is -0.508 e. The van der Waals surface area contributed by atoms with Crippen molar-refractivity contribution < 1.29 is 29.7 Å². The Labute approximate surface area is 146 Å². The number of aliphatic carboxylic acids is 2. The number of aromatic hydroxyl groups is 1. The molecule has 1 amide bonds. The first-order chi connectivity index (χ1) is 11.5. The van der Waals surface area contributed by atoms with Crippen LogP contribution >= 0.6 is 0 Å². The first-order valence-electron chi connectivity index (χ1n) is 7.79. The molecular weight excluding hydrogens is 328 g/mol. The van der Waals surface area contributed by atoms with Crippen LogP contribution < -0.4 is 11.1 Å². The molecule has 2 unspecified atom stereocenters. The molecule has 0 aliphatic rings. The maximum Gasteiger partial charge on any atom is 0.326 e. The third-order valence-corrected chi connectivity index (χ3v) is 3.05. The average molecular weight is 354 g/mol. The molecule has 0 spiro atoms. The van der Waals surface area contributed by atoms with Crippen molar-refractivity contribution >= 4 is 17.8 Å². The number of nitrogens with one attached hydrogen (secondary N) is 1. The molecule has 0 aliphatic carbocycles. The third kappa shape index (κ3) is 10.7. The van der Waals surface area contributed by atoms with Crippen LogP contribution in [-0.4, -0.2) is 45.2 Å². The molecular formula is C17H26N2O6. The first-order valence-corrected chi connectivity index (χ1v) is 7.79. The normalized spacial score (nSPS) is 12.5.